The van der Waals surface area contributed by atoms with Gasteiger partial charge in [0.1, 0.15) is 0 Å². The Hall–Kier alpha value is 0.836. The van der Waals surface area contributed by atoms with E-state index in [2.05, 4.69) is 103 Å². The van der Waals surface area contributed by atoms with E-state index in [1.165, 1.54) is 0 Å². The van der Waals surface area contributed by atoms with E-state index in [1.54, 1.807) is 0 Å². The van der Waals surface area contributed by atoms with Gasteiger partial charge in [-0.25, -0.2) is 0 Å². The van der Waals surface area contributed by atoms with Gasteiger partial charge in [0.2, 0.25) is 0 Å². The fourth-order valence-corrected chi connectivity index (χ4v) is 178. The van der Waals surface area contributed by atoms with Gasteiger partial charge in [0.15, 0.2) is 0 Å². The predicted octanol–water partition coefficient (Wildman–Crippen LogP) is 6.34. The summed E-state index contributed by atoms with van der Waals surface area (Å²) in [5.74, 6) is 0. The van der Waals surface area contributed by atoms with E-state index in [0.29, 0.717) is 4.34 Å². The van der Waals surface area contributed by atoms with Crippen molar-refractivity contribution in [3.8, 4) is 0 Å². The van der Waals surface area contributed by atoms with Crippen LogP contribution in [0.2, 0.25) is 34.0 Å². The Morgan fingerprint density at radius 1 is 0.375 bits per heavy atom. The SMILES string of the molecule is [CH3][Sn]1([CH3])[C]2(C=CC=C2)[Sn]([CH3])([CH3])[C]2(C=CC=C2)[Sn]([CH3])([CH3])[C]12C=CC=C2. The first-order valence-corrected chi connectivity index (χ1v) is 34.9. The van der Waals surface area contributed by atoms with E-state index < -0.39 is 55.1 Å². The van der Waals surface area contributed by atoms with E-state index in [0.717, 1.165) is 0 Å². The molecule has 0 N–H and O–H groups in total. The summed E-state index contributed by atoms with van der Waals surface area (Å²) in [6, 6.07) is 0. The Morgan fingerprint density at radius 3 is 0.708 bits per heavy atom. The quantitative estimate of drug-likeness (QED) is 0.272. The van der Waals surface area contributed by atoms with Crippen molar-refractivity contribution in [3.63, 3.8) is 0 Å². The molecule has 4 rings (SSSR count). The summed E-state index contributed by atoms with van der Waals surface area (Å²) in [6.07, 6.45) is 30.5. The van der Waals surface area contributed by atoms with E-state index in [9.17, 15) is 0 Å². The molecule has 4 aliphatic rings. The second-order valence-corrected chi connectivity index (χ2v) is 63.9. The van der Waals surface area contributed by atoms with Gasteiger partial charge >= 0.3 is 162 Å². The standard InChI is InChI=1S/3C5H4.6CH3.3Sn/c3*1-2-4-5-3-1;;;;;;;;;/h3*1-4H;6*1H3;;;. The van der Waals surface area contributed by atoms with Gasteiger partial charge in [-0.15, -0.1) is 0 Å². The Morgan fingerprint density at radius 2 is 0.542 bits per heavy atom. The van der Waals surface area contributed by atoms with Gasteiger partial charge in [-0.2, -0.15) is 0 Å². The first-order chi connectivity index (χ1) is 11.1. The number of rotatable bonds is 0. The van der Waals surface area contributed by atoms with Crippen molar-refractivity contribution in [1.82, 2.24) is 0 Å². The fraction of sp³-hybridized carbons (Fsp3) is 0.429. The third kappa shape index (κ3) is 1.63. The van der Waals surface area contributed by atoms with Gasteiger partial charge in [0.25, 0.3) is 0 Å². The number of hydrogen-bond acceptors (Lipinski definition) is 0. The van der Waals surface area contributed by atoms with E-state index in [-0.39, 0.29) is 0 Å². The Bertz CT molecular complexity index is 604. The maximum atomic E-state index is 2.79. The third-order valence-electron chi connectivity index (χ3n) is 8.69. The van der Waals surface area contributed by atoms with Crippen LogP contribution in [0.5, 0.6) is 0 Å². The van der Waals surface area contributed by atoms with Crippen LogP contribution in [0.25, 0.3) is 0 Å². The van der Waals surface area contributed by atoms with Crippen LogP contribution >= 0.6 is 0 Å². The Balaban J connectivity index is 2.15. The van der Waals surface area contributed by atoms with Crippen LogP contribution in [-0.4, -0.2) is 55.1 Å². The number of hydrogen-bond donors (Lipinski definition) is 0. The van der Waals surface area contributed by atoms with Gasteiger partial charge in [-0.3, -0.25) is 0 Å². The van der Waals surface area contributed by atoms with Crippen molar-refractivity contribution in [3.05, 3.63) is 72.9 Å². The summed E-state index contributed by atoms with van der Waals surface area (Å²) >= 11 is -7.72. The molecular formula is C21H30Sn3. The van der Waals surface area contributed by atoms with E-state index in [4.69, 9.17) is 0 Å². The monoisotopic (exact) mass is 642 g/mol. The molecule has 0 unspecified atom stereocenters. The van der Waals surface area contributed by atoms with Gasteiger partial charge < -0.3 is 0 Å². The van der Waals surface area contributed by atoms with Gasteiger partial charge in [0, 0.05) is 0 Å². The van der Waals surface area contributed by atoms with Crippen LogP contribution in [0.4, 0.5) is 0 Å². The summed E-state index contributed by atoms with van der Waals surface area (Å²) in [6.45, 7) is 0. The van der Waals surface area contributed by atoms with Crippen molar-refractivity contribution in [2.45, 2.75) is 34.0 Å². The fourth-order valence-electron chi connectivity index (χ4n) is 7.28. The van der Waals surface area contributed by atoms with E-state index in [1.807, 2.05) is 0 Å². The van der Waals surface area contributed by atoms with Gasteiger partial charge in [0.05, 0.1) is 0 Å². The second kappa shape index (κ2) is 5.21. The molecular weight excluding hydrogens is 608 g/mol. The normalized spacial score (nSPS) is 32.8. The molecule has 0 bridgehead atoms. The second-order valence-electron chi connectivity index (χ2n) is 9.64. The van der Waals surface area contributed by atoms with Crippen LogP contribution in [0.15, 0.2) is 72.9 Å². The topological polar surface area (TPSA) is 0 Å². The summed E-state index contributed by atoms with van der Waals surface area (Å²) < 4.78 is 1.44. The molecule has 24 heavy (non-hydrogen) atoms. The molecule has 0 aromatic carbocycles. The predicted molar refractivity (Wildman–Crippen MR) is 115 cm³/mol. The van der Waals surface area contributed by atoms with Gasteiger partial charge in [-0.1, -0.05) is 0 Å². The molecule has 3 aliphatic carbocycles. The third-order valence-corrected chi connectivity index (χ3v) is 122. The van der Waals surface area contributed by atoms with Crippen molar-refractivity contribution >= 4 is 55.1 Å². The molecule has 0 atom stereocenters. The minimum atomic E-state index is -2.57. The molecule has 0 saturated carbocycles. The summed E-state index contributed by atoms with van der Waals surface area (Å²) in [5, 5.41) is 0. The summed E-state index contributed by atoms with van der Waals surface area (Å²) in [7, 11) is 0. The van der Waals surface area contributed by atoms with Crippen LogP contribution in [-0.2, 0) is 0 Å². The average Bonchev–Trinajstić information content (AvgIpc) is 3.25. The van der Waals surface area contributed by atoms with Crippen LogP contribution in [0, 0.1) is 0 Å². The van der Waals surface area contributed by atoms with E-state index >= 15 is 0 Å². The minimum absolute atomic E-state index is 0.480. The molecule has 1 fully saturated rings. The average molecular weight is 639 g/mol. The summed E-state index contributed by atoms with van der Waals surface area (Å²) in [4.78, 5) is 16.8. The zero-order valence-corrected chi connectivity index (χ0v) is 24.5. The van der Waals surface area contributed by atoms with Crippen LogP contribution < -0.4 is 0 Å². The van der Waals surface area contributed by atoms with Crippen molar-refractivity contribution < 1.29 is 0 Å². The van der Waals surface area contributed by atoms with Crippen LogP contribution in [0.3, 0.4) is 0 Å². The van der Waals surface area contributed by atoms with Crippen molar-refractivity contribution in [1.29, 1.82) is 0 Å². The molecule has 1 aliphatic heterocycles. The molecule has 0 radical (unpaired) electrons. The van der Waals surface area contributed by atoms with Gasteiger partial charge in [-0.05, 0) is 0 Å². The van der Waals surface area contributed by atoms with Crippen molar-refractivity contribution in [2.24, 2.45) is 0 Å². The first-order valence-electron chi connectivity index (χ1n) is 9.23. The molecule has 3 spiro atoms. The molecule has 1 heterocycles. The zero-order chi connectivity index (χ0) is 17.5. The van der Waals surface area contributed by atoms with Crippen molar-refractivity contribution in [2.75, 3.05) is 0 Å². The number of allylic oxidation sites excluding steroid dienone is 12. The molecule has 0 aromatic rings. The molecule has 126 valence electrons. The molecule has 0 amide bonds. The van der Waals surface area contributed by atoms with Crippen LogP contribution in [0.1, 0.15) is 0 Å². The maximum absolute atomic E-state index is 2.79. The Kier molecular flexibility index (Phi) is 3.95. The molecule has 1 saturated heterocycles. The molecule has 0 aromatic heterocycles. The molecule has 3 heteroatoms. The Labute approximate surface area is 160 Å². The zero-order valence-electron chi connectivity index (χ0n) is 15.9. The molecule has 0 nitrogen and oxygen atoms in total. The summed E-state index contributed by atoms with van der Waals surface area (Å²) in [5.41, 5.74) is 0. The first kappa shape index (κ1) is 18.2.